The van der Waals surface area contributed by atoms with Crippen molar-refractivity contribution in [2.45, 2.75) is 19.4 Å². The molecule has 2 aromatic rings. The average molecular weight is 420 g/mol. The number of hydrogen-bond donors (Lipinski definition) is 0. The normalized spacial score (nSPS) is 13.1. The van der Waals surface area contributed by atoms with Gasteiger partial charge in [0.05, 0.1) is 27.2 Å². The largest absolute Gasteiger partial charge is 0.493 e. The second kappa shape index (κ2) is 8.45. The van der Waals surface area contributed by atoms with Crippen LogP contribution in [0.25, 0.3) is 0 Å². The lowest BCUT2D eigenvalue weighted by atomic mass is 9.98. The Morgan fingerprint density at radius 1 is 1.12 bits per heavy atom. The maximum Gasteiger partial charge on any atom is 0.226 e. The summed E-state index contributed by atoms with van der Waals surface area (Å²) in [5, 5.41) is 0. The Morgan fingerprint density at radius 2 is 1.85 bits per heavy atom. The van der Waals surface area contributed by atoms with Crippen LogP contribution in [-0.4, -0.2) is 38.2 Å². The summed E-state index contributed by atoms with van der Waals surface area (Å²) in [7, 11) is 3.25. The molecule has 5 nitrogen and oxygen atoms in total. The molecule has 0 atom stereocenters. The van der Waals surface area contributed by atoms with Gasteiger partial charge in [-0.25, -0.2) is 0 Å². The van der Waals surface area contributed by atoms with Crippen LogP contribution in [0.15, 0.2) is 40.9 Å². The maximum absolute atomic E-state index is 12.5. The molecule has 2 aromatic carbocycles. The van der Waals surface area contributed by atoms with Crippen LogP contribution in [0.4, 0.5) is 0 Å². The molecule has 0 saturated carbocycles. The van der Waals surface area contributed by atoms with Gasteiger partial charge in [0.1, 0.15) is 5.75 Å². The minimum absolute atomic E-state index is 0.0976. The number of benzene rings is 2. The van der Waals surface area contributed by atoms with Crippen molar-refractivity contribution in [1.29, 1.82) is 0 Å². The van der Waals surface area contributed by atoms with Crippen LogP contribution in [0, 0.1) is 0 Å². The molecule has 0 aromatic heterocycles. The van der Waals surface area contributed by atoms with E-state index in [-0.39, 0.29) is 5.91 Å². The van der Waals surface area contributed by atoms with E-state index in [1.165, 1.54) is 5.56 Å². The van der Waals surface area contributed by atoms with Gasteiger partial charge >= 0.3 is 0 Å². The van der Waals surface area contributed by atoms with E-state index in [9.17, 15) is 4.79 Å². The Hall–Kier alpha value is -2.21. The third-order valence-corrected chi connectivity index (χ3v) is 4.94. The number of fused-ring (bicyclic) bond motifs is 1. The SMILES string of the molecule is COc1cc2c(cc1OC)CN(C(=O)CCOc1cccc(Br)c1)CC2. The van der Waals surface area contributed by atoms with Gasteiger partial charge in [-0.1, -0.05) is 22.0 Å². The van der Waals surface area contributed by atoms with Gasteiger partial charge in [0.2, 0.25) is 5.91 Å². The molecule has 1 aliphatic rings. The highest BCUT2D eigenvalue weighted by Crippen LogP contribution is 2.33. The van der Waals surface area contributed by atoms with Crippen molar-refractivity contribution in [3.05, 3.63) is 52.0 Å². The standard InChI is InChI=1S/C20H22BrNO4/c1-24-18-10-14-6-8-22(13-15(14)11-19(18)25-2)20(23)7-9-26-17-5-3-4-16(21)12-17/h3-5,10-12H,6-9,13H2,1-2H3. The number of ether oxygens (including phenoxy) is 3. The molecule has 138 valence electrons. The van der Waals surface area contributed by atoms with Gasteiger partial charge in [-0.15, -0.1) is 0 Å². The Labute approximate surface area is 162 Å². The predicted octanol–water partition coefficient (Wildman–Crippen LogP) is 3.82. The predicted molar refractivity (Wildman–Crippen MR) is 103 cm³/mol. The van der Waals surface area contributed by atoms with Crippen molar-refractivity contribution in [3.8, 4) is 17.2 Å². The lowest BCUT2D eigenvalue weighted by Crippen LogP contribution is -2.36. The number of carbonyl (C=O) groups excluding carboxylic acids is 1. The van der Waals surface area contributed by atoms with E-state index >= 15 is 0 Å². The van der Waals surface area contributed by atoms with Crippen molar-refractivity contribution in [2.75, 3.05) is 27.4 Å². The molecule has 0 fully saturated rings. The summed E-state index contributed by atoms with van der Waals surface area (Å²) in [6.07, 6.45) is 1.17. The Balaban J connectivity index is 1.58. The first-order chi connectivity index (χ1) is 12.6. The zero-order valence-corrected chi connectivity index (χ0v) is 16.5. The summed E-state index contributed by atoms with van der Waals surface area (Å²) in [6.45, 7) is 1.66. The van der Waals surface area contributed by atoms with Gasteiger partial charge in [-0.05, 0) is 47.9 Å². The molecule has 0 radical (unpaired) electrons. The quantitative estimate of drug-likeness (QED) is 0.713. The van der Waals surface area contributed by atoms with Crippen LogP contribution >= 0.6 is 15.9 Å². The van der Waals surface area contributed by atoms with E-state index < -0.39 is 0 Å². The number of nitrogens with zero attached hydrogens (tertiary/aromatic N) is 1. The van der Waals surface area contributed by atoms with E-state index in [2.05, 4.69) is 15.9 Å². The number of amides is 1. The molecule has 0 N–H and O–H groups in total. The summed E-state index contributed by atoms with van der Waals surface area (Å²) >= 11 is 3.41. The zero-order chi connectivity index (χ0) is 18.5. The second-order valence-corrected chi connectivity index (χ2v) is 7.01. The van der Waals surface area contributed by atoms with Crippen molar-refractivity contribution < 1.29 is 19.0 Å². The monoisotopic (exact) mass is 419 g/mol. The highest BCUT2D eigenvalue weighted by Gasteiger charge is 2.22. The number of carbonyl (C=O) groups is 1. The van der Waals surface area contributed by atoms with Crippen LogP contribution in [-0.2, 0) is 17.8 Å². The highest BCUT2D eigenvalue weighted by atomic mass is 79.9. The molecular formula is C20H22BrNO4. The van der Waals surface area contributed by atoms with Crippen LogP contribution in [0.5, 0.6) is 17.2 Å². The Kier molecular flexibility index (Phi) is 6.04. The smallest absolute Gasteiger partial charge is 0.226 e. The lowest BCUT2D eigenvalue weighted by Gasteiger charge is -2.29. The maximum atomic E-state index is 12.5. The summed E-state index contributed by atoms with van der Waals surface area (Å²) in [6, 6.07) is 11.6. The molecule has 1 aliphatic heterocycles. The molecule has 0 saturated heterocycles. The van der Waals surface area contributed by atoms with Crippen LogP contribution in [0.1, 0.15) is 17.5 Å². The van der Waals surface area contributed by atoms with Gasteiger partial charge in [-0.3, -0.25) is 4.79 Å². The van der Waals surface area contributed by atoms with Crippen LogP contribution < -0.4 is 14.2 Å². The third-order valence-electron chi connectivity index (χ3n) is 4.45. The molecule has 0 aliphatic carbocycles. The fourth-order valence-electron chi connectivity index (χ4n) is 3.07. The fraction of sp³-hybridized carbons (Fsp3) is 0.350. The van der Waals surface area contributed by atoms with Crippen LogP contribution in [0.2, 0.25) is 0 Å². The van der Waals surface area contributed by atoms with Crippen molar-refractivity contribution in [3.63, 3.8) is 0 Å². The Morgan fingerprint density at radius 3 is 2.54 bits per heavy atom. The van der Waals surface area contributed by atoms with Gasteiger partial charge in [-0.2, -0.15) is 0 Å². The van der Waals surface area contributed by atoms with Crippen molar-refractivity contribution in [1.82, 2.24) is 4.90 Å². The summed E-state index contributed by atoms with van der Waals surface area (Å²) in [5.74, 6) is 2.28. The van der Waals surface area contributed by atoms with Gasteiger partial charge < -0.3 is 19.1 Å². The highest BCUT2D eigenvalue weighted by molar-refractivity contribution is 9.10. The third kappa shape index (κ3) is 4.30. The number of rotatable bonds is 6. The zero-order valence-electron chi connectivity index (χ0n) is 15.0. The van der Waals surface area contributed by atoms with E-state index in [4.69, 9.17) is 14.2 Å². The molecular weight excluding hydrogens is 398 g/mol. The van der Waals surface area contributed by atoms with Gasteiger partial charge in [0.25, 0.3) is 0 Å². The van der Waals surface area contributed by atoms with E-state index in [0.717, 1.165) is 28.0 Å². The molecule has 26 heavy (non-hydrogen) atoms. The minimum atomic E-state index is 0.0976. The number of halogens is 1. The van der Waals surface area contributed by atoms with E-state index in [0.29, 0.717) is 31.9 Å². The van der Waals surface area contributed by atoms with E-state index in [1.54, 1.807) is 14.2 Å². The van der Waals surface area contributed by atoms with E-state index in [1.807, 2.05) is 41.3 Å². The summed E-state index contributed by atoms with van der Waals surface area (Å²) in [4.78, 5) is 14.4. The summed E-state index contributed by atoms with van der Waals surface area (Å²) in [5.41, 5.74) is 2.31. The first-order valence-corrected chi connectivity index (χ1v) is 9.30. The Bertz CT molecular complexity index is 793. The topological polar surface area (TPSA) is 48.0 Å². The molecule has 0 bridgehead atoms. The molecule has 0 spiro atoms. The summed E-state index contributed by atoms with van der Waals surface area (Å²) < 4.78 is 17.4. The number of hydrogen-bond acceptors (Lipinski definition) is 4. The minimum Gasteiger partial charge on any atom is -0.493 e. The first-order valence-electron chi connectivity index (χ1n) is 8.50. The number of methoxy groups -OCH3 is 2. The average Bonchev–Trinajstić information content (AvgIpc) is 2.66. The first kappa shape index (κ1) is 18.6. The lowest BCUT2D eigenvalue weighted by molar-refractivity contribution is -0.132. The molecule has 1 amide bonds. The molecule has 6 heteroatoms. The molecule has 0 unspecified atom stereocenters. The molecule has 1 heterocycles. The fourth-order valence-corrected chi connectivity index (χ4v) is 3.45. The molecule has 3 rings (SSSR count). The van der Waals surface area contributed by atoms with Crippen LogP contribution in [0.3, 0.4) is 0 Å². The van der Waals surface area contributed by atoms with Gasteiger partial charge in [0, 0.05) is 17.6 Å². The second-order valence-electron chi connectivity index (χ2n) is 6.10. The van der Waals surface area contributed by atoms with Crippen molar-refractivity contribution in [2.24, 2.45) is 0 Å². The van der Waals surface area contributed by atoms with Crippen molar-refractivity contribution >= 4 is 21.8 Å². The van der Waals surface area contributed by atoms with Gasteiger partial charge in [0.15, 0.2) is 11.5 Å².